The highest BCUT2D eigenvalue weighted by atomic mass is 15.2. The Bertz CT molecular complexity index is 231. The molecule has 114 valence electrons. The van der Waals surface area contributed by atoms with Crippen LogP contribution in [0.4, 0.5) is 0 Å². The van der Waals surface area contributed by atoms with E-state index in [9.17, 15) is 0 Å². The number of hydrogen-bond donors (Lipinski definition) is 3. The first-order valence-corrected chi connectivity index (χ1v) is 7.76. The molecule has 0 aromatic rings. The van der Waals surface area contributed by atoms with Crippen LogP contribution in [0.2, 0.25) is 0 Å². The highest BCUT2D eigenvalue weighted by Crippen LogP contribution is 1.98. The number of hydrogen-bond acceptors (Lipinski definition) is 2. The number of guanidine groups is 1. The lowest BCUT2D eigenvalue weighted by Crippen LogP contribution is -2.44. The minimum atomic E-state index is 0.178. The first kappa shape index (κ1) is 18.2. The average molecular weight is 270 g/mol. The van der Waals surface area contributed by atoms with Crippen LogP contribution in [0.25, 0.3) is 0 Å². The summed E-state index contributed by atoms with van der Waals surface area (Å²) in [6.07, 6.45) is 5.06. The van der Waals surface area contributed by atoms with Crippen molar-refractivity contribution >= 4 is 5.96 Å². The van der Waals surface area contributed by atoms with Crippen LogP contribution < -0.4 is 16.0 Å². The van der Waals surface area contributed by atoms with Gasteiger partial charge in [0.2, 0.25) is 0 Å². The lowest BCUT2D eigenvalue weighted by molar-refractivity contribution is 0.428. The van der Waals surface area contributed by atoms with Crippen LogP contribution in [-0.4, -0.2) is 37.7 Å². The van der Waals surface area contributed by atoms with Crippen molar-refractivity contribution in [3.8, 4) is 0 Å². The van der Waals surface area contributed by atoms with Crippen molar-refractivity contribution in [2.45, 2.75) is 65.8 Å². The predicted molar refractivity (Wildman–Crippen MR) is 85.9 cm³/mol. The second-order valence-corrected chi connectivity index (χ2v) is 5.92. The van der Waals surface area contributed by atoms with Gasteiger partial charge in [0.15, 0.2) is 5.96 Å². The number of nitrogens with one attached hydrogen (secondary N) is 3. The van der Waals surface area contributed by atoms with Gasteiger partial charge in [-0.1, -0.05) is 26.2 Å². The monoisotopic (exact) mass is 270 g/mol. The van der Waals surface area contributed by atoms with Gasteiger partial charge in [-0.2, -0.15) is 0 Å². The molecule has 3 N–H and O–H groups in total. The summed E-state index contributed by atoms with van der Waals surface area (Å²) < 4.78 is 0. The minimum Gasteiger partial charge on any atom is -0.357 e. The molecular weight excluding hydrogens is 236 g/mol. The molecule has 0 amide bonds. The van der Waals surface area contributed by atoms with E-state index < -0.39 is 0 Å². The average Bonchev–Trinajstić information content (AvgIpc) is 2.33. The highest BCUT2D eigenvalue weighted by molar-refractivity contribution is 5.79. The van der Waals surface area contributed by atoms with Crippen LogP contribution in [0.5, 0.6) is 0 Å². The Morgan fingerprint density at radius 3 is 2.26 bits per heavy atom. The molecule has 0 saturated heterocycles. The normalized spacial score (nSPS) is 12.6. The molecule has 0 atom stereocenters. The summed E-state index contributed by atoms with van der Waals surface area (Å²) >= 11 is 0. The summed E-state index contributed by atoms with van der Waals surface area (Å²) in [4.78, 5) is 4.59. The van der Waals surface area contributed by atoms with Crippen LogP contribution in [0.15, 0.2) is 4.99 Å². The smallest absolute Gasteiger partial charge is 0.191 e. The largest absolute Gasteiger partial charge is 0.357 e. The Kier molecular flexibility index (Phi) is 10.6. The highest BCUT2D eigenvalue weighted by Gasteiger charge is 2.07. The molecule has 19 heavy (non-hydrogen) atoms. The molecule has 0 heterocycles. The van der Waals surface area contributed by atoms with Crippen molar-refractivity contribution in [2.75, 3.05) is 26.2 Å². The molecule has 0 bridgehead atoms. The predicted octanol–water partition coefficient (Wildman–Crippen LogP) is 2.51. The Morgan fingerprint density at radius 1 is 0.947 bits per heavy atom. The maximum Gasteiger partial charge on any atom is 0.191 e. The van der Waals surface area contributed by atoms with Gasteiger partial charge >= 0.3 is 0 Å². The molecular formula is C15H34N4. The maximum atomic E-state index is 4.59. The molecule has 0 aliphatic rings. The van der Waals surface area contributed by atoms with Gasteiger partial charge in [-0.3, -0.25) is 4.99 Å². The third-order valence-corrected chi connectivity index (χ3v) is 2.70. The van der Waals surface area contributed by atoms with Crippen molar-refractivity contribution in [3.63, 3.8) is 0 Å². The molecule has 0 aliphatic heterocycles. The lowest BCUT2D eigenvalue weighted by atomic mass is 10.1. The van der Waals surface area contributed by atoms with Gasteiger partial charge in [0, 0.05) is 31.7 Å². The van der Waals surface area contributed by atoms with E-state index in [-0.39, 0.29) is 5.54 Å². The van der Waals surface area contributed by atoms with E-state index in [1.54, 1.807) is 0 Å². The molecule has 0 fully saturated rings. The standard InChI is InChI=1S/C15H34N4/c1-6-8-9-10-11-17-14(16-7-2)18-12-13-19-15(3,4)5/h19H,6-13H2,1-5H3,(H2,16,17,18). The first-order valence-electron chi connectivity index (χ1n) is 7.76. The number of unbranched alkanes of at least 4 members (excludes halogenated alkanes) is 3. The van der Waals surface area contributed by atoms with Crippen molar-refractivity contribution in [2.24, 2.45) is 4.99 Å². The van der Waals surface area contributed by atoms with Crippen LogP contribution in [0.3, 0.4) is 0 Å². The number of nitrogens with zero attached hydrogens (tertiary/aromatic N) is 1. The SMILES string of the molecule is CCCCCCN=C(NCC)NCCNC(C)(C)C. The second kappa shape index (κ2) is 11.1. The maximum absolute atomic E-state index is 4.59. The van der Waals surface area contributed by atoms with Crippen LogP contribution in [0, 0.1) is 0 Å². The van der Waals surface area contributed by atoms with E-state index in [0.717, 1.165) is 32.1 Å². The van der Waals surface area contributed by atoms with E-state index in [4.69, 9.17) is 0 Å². The summed E-state index contributed by atoms with van der Waals surface area (Å²) in [6, 6.07) is 0. The molecule has 4 nitrogen and oxygen atoms in total. The van der Waals surface area contributed by atoms with E-state index >= 15 is 0 Å². The van der Waals surface area contributed by atoms with Crippen molar-refractivity contribution in [1.82, 2.24) is 16.0 Å². The van der Waals surface area contributed by atoms with Gasteiger partial charge in [-0.25, -0.2) is 0 Å². The Labute approximate surface area is 119 Å². The fraction of sp³-hybridized carbons (Fsp3) is 0.933. The second-order valence-electron chi connectivity index (χ2n) is 5.92. The summed E-state index contributed by atoms with van der Waals surface area (Å²) in [6.45, 7) is 14.6. The Morgan fingerprint density at radius 2 is 1.68 bits per heavy atom. The topological polar surface area (TPSA) is 48.5 Å². The van der Waals surface area contributed by atoms with E-state index in [1.807, 2.05) is 0 Å². The Balaban J connectivity index is 3.81. The van der Waals surface area contributed by atoms with Crippen molar-refractivity contribution < 1.29 is 0 Å². The van der Waals surface area contributed by atoms with Crippen LogP contribution in [0.1, 0.15) is 60.3 Å². The lowest BCUT2D eigenvalue weighted by Gasteiger charge is -2.21. The summed E-state index contributed by atoms with van der Waals surface area (Å²) in [5.74, 6) is 0.940. The van der Waals surface area contributed by atoms with Gasteiger partial charge < -0.3 is 16.0 Å². The third-order valence-electron chi connectivity index (χ3n) is 2.70. The molecule has 0 unspecified atom stereocenters. The van der Waals surface area contributed by atoms with E-state index in [1.165, 1.54) is 25.7 Å². The first-order chi connectivity index (χ1) is 8.99. The zero-order chi connectivity index (χ0) is 14.6. The van der Waals surface area contributed by atoms with Crippen molar-refractivity contribution in [3.05, 3.63) is 0 Å². The van der Waals surface area contributed by atoms with E-state index in [2.05, 4.69) is 55.6 Å². The molecule has 0 saturated carbocycles. The van der Waals surface area contributed by atoms with Gasteiger partial charge in [0.1, 0.15) is 0 Å². The Hall–Kier alpha value is -0.770. The zero-order valence-corrected chi connectivity index (χ0v) is 13.6. The van der Waals surface area contributed by atoms with Crippen LogP contribution >= 0.6 is 0 Å². The van der Waals surface area contributed by atoms with Gasteiger partial charge in [-0.15, -0.1) is 0 Å². The van der Waals surface area contributed by atoms with Gasteiger partial charge in [0.05, 0.1) is 0 Å². The molecule has 0 radical (unpaired) electrons. The third kappa shape index (κ3) is 13.5. The van der Waals surface area contributed by atoms with Gasteiger partial charge in [-0.05, 0) is 34.1 Å². The minimum absolute atomic E-state index is 0.178. The molecule has 0 aromatic heterocycles. The van der Waals surface area contributed by atoms with Crippen molar-refractivity contribution in [1.29, 1.82) is 0 Å². The fourth-order valence-corrected chi connectivity index (χ4v) is 1.69. The number of rotatable bonds is 9. The molecule has 0 aliphatic carbocycles. The van der Waals surface area contributed by atoms with Gasteiger partial charge in [0.25, 0.3) is 0 Å². The molecule has 0 rings (SSSR count). The summed E-state index contributed by atoms with van der Waals surface area (Å²) in [5.41, 5.74) is 0.178. The quantitative estimate of drug-likeness (QED) is 0.343. The summed E-state index contributed by atoms with van der Waals surface area (Å²) in [7, 11) is 0. The molecule has 0 spiro atoms. The molecule has 4 heteroatoms. The fourth-order valence-electron chi connectivity index (χ4n) is 1.69. The van der Waals surface area contributed by atoms with Crippen LogP contribution in [-0.2, 0) is 0 Å². The summed E-state index contributed by atoms with van der Waals surface area (Å²) in [5, 5.41) is 10.1. The zero-order valence-electron chi connectivity index (χ0n) is 13.6. The molecule has 0 aromatic carbocycles. The van der Waals surface area contributed by atoms with E-state index in [0.29, 0.717) is 0 Å². The number of aliphatic imine (C=N–C) groups is 1.